The molecular weight excluding hydrogens is 520 g/mol. The lowest BCUT2D eigenvalue weighted by molar-refractivity contribution is -0.120. The van der Waals surface area contributed by atoms with E-state index in [1.807, 2.05) is 44.4 Å². The molecule has 0 spiro atoms. The van der Waals surface area contributed by atoms with Crippen molar-refractivity contribution in [3.05, 3.63) is 70.6 Å². The van der Waals surface area contributed by atoms with Gasteiger partial charge in [-0.1, -0.05) is 42.8 Å². The van der Waals surface area contributed by atoms with Crippen molar-refractivity contribution < 1.29 is 24.5 Å². The van der Waals surface area contributed by atoms with Crippen molar-refractivity contribution in [2.75, 3.05) is 13.2 Å². The summed E-state index contributed by atoms with van der Waals surface area (Å²) in [6, 6.07) is 11.8. The highest BCUT2D eigenvalue weighted by molar-refractivity contribution is 6.32. The van der Waals surface area contributed by atoms with Crippen LogP contribution in [0.1, 0.15) is 61.4 Å². The fourth-order valence-electron chi connectivity index (χ4n) is 4.25. The predicted molar refractivity (Wildman–Crippen MR) is 151 cm³/mol. The third-order valence-electron chi connectivity index (χ3n) is 6.23. The summed E-state index contributed by atoms with van der Waals surface area (Å²) in [5.74, 6) is 0.566. The normalized spacial score (nSPS) is 13.4. The van der Waals surface area contributed by atoms with Gasteiger partial charge in [0.25, 0.3) is 5.91 Å². The van der Waals surface area contributed by atoms with Crippen LogP contribution in [0.2, 0.25) is 5.02 Å². The Hall–Kier alpha value is -3.40. The summed E-state index contributed by atoms with van der Waals surface area (Å²) in [7, 11) is 1.82. The van der Waals surface area contributed by atoms with Gasteiger partial charge in [0.15, 0.2) is 0 Å². The molecule has 10 heteroatoms. The van der Waals surface area contributed by atoms with Gasteiger partial charge in [0.05, 0.1) is 23.4 Å². The number of nitrogens with zero attached hydrogens (tertiary/aromatic N) is 2. The predicted octanol–water partition coefficient (Wildman–Crippen LogP) is 3.81. The first-order chi connectivity index (χ1) is 18.6. The molecule has 0 saturated carbocycles. The fraction of sp³-hybridized carbons (Fsp3) is 0.414. The van der Waals surface area contributed by atoms with E-state index < -0.39 is 12.1 Å². The summed E-state index contributed by atoms with van der Waals surface area (Å²) in [6.45, 7) is 5.49. The van der Waals surface area contributed by atoms with E-state index >= 15 is 0 Å². The number of aromatic nitrogens is 2. The molecule has 0 aliphatic carbocycles. The number of carbonyl (C=O) groups is 2. The average Bonchev–Trinajstić information content (AvgIpc) is 3.27. The number of ether oxygens (including phenoxy) is 1. The quantitative estimate of drug-likeness (QED) is 0.254. The SMILES string of the molecule is CCCOc1ccc(C(=O)N[C@H](CCO)Cc2ccc(-c3cn(C)c([C@@H](NC(C)=O)[C@H](C)O)n3)cc2)cc1Cl. The molecule has 0 bridgehead atoms. The highest BCUT2D eigenvalue weighted by Crippen LogP contribution is 2.26. The summed E-state index contributed by atoms with van der Waals surface area (Å²) in [6.07, 6.45) is 2.81. The van der Waals surface area contributed by atoms with Crippen molar-refractivity contribution in [2.45, 2.75) is 58.2 Å². The molecule has 9 nitrogen and oxygen atoms in total. The van der Waals surface area contributed by atoms with Crippen molar-refractivity contribution in [1.82, 2.24) is 20.2 Å². The molecule has 0 fully saturated rings. The third-order valence-corrected chi connectivity index (χ3v) is 6.53. The first-order valence-electron chi connectivity index (χ1n) is 13.0. The lowest BCUT2D eigenvalue weighted by Gasteiger charge is -2.20. The molecule has 3 atom stereocenters. The van der Waals surface area contributed by atoms with Gasteiger partial charge in [0.1, 0.15) is 17.6 Å². The van der Waals surface area contributed by atoms with Gasteiger partial charge in [-0.2, -0.15) is 0 Å². The topological polar surface area (TPSA) is 126 Å². The van der Waals surface area contributed by atoms with Gasteiger partial charge in [-0.3, -0.25) is 9.59 Å². The largest absolute Gasteiger partial charge is 0.492 e. The molecule has 3 rings (SSSR count). The van der Waals surface area contributed by atoms with Gasteiger partial charge >= 0.3 is 0 Å². The second-order valence-corrected chi connectivity index (χ2v) is 10.00. The molecule has 0 unspecified atom stereocenters. The van der Waals surface area contributed by atoms with Gasteiger partial charge in [-0.25, -0.2) is 4.98 Å². The lowest BCUT2D eigenvalue weighted by atomic mass is 10.0. The molecule has 2 aromatic carbocycles. The number of nitrogens with one attached hydrogen (secondary N) is 2. The Labute approximate surface area is 234 Å². The minimum atomic E-state index is -0.813. The van der Waals surface area contributed by atoms with E-state index in [1.165, 1.54) is 6.92 Å². The number of benzene rings is 2. The van der Waals surface area contributed by atoms with E-state index in [1.54, 1.807) is 29.7 Å². The Morgan fingerprint density at radius 1 is 1.15 bits per heavy atom. The van der Waals surface area contributed by atoms with E-state index in [9.17, 15) is 19.8 Å². The number of hydrogen-bond donors (Lipinski definition) is 4. The number of imidazole rings is 1. The Bertz CT molecular complexity index is 1260. The smallest absolute Gasteiger partial charge is 0.251 e. The molecule has 39 heavy (non-hydrogen) atoms. The van der Waals surface area contributed by atoms with Crippen LogP contribution in [0, 0.1) is 0 Å². The second kappa shape index (κ2) is 14.1. The Morgan fingerprint density at radius 2 is 1.87 bits per heavy atom. The molecule has 1 heterocycles. The maximum Gasteiger partial charge on any atom is 0.251 e. The van der Waals surface area contributed by atoms with Crippen LogP contribution in [0.4, 0.5) is 0 Å². The van der Waals surface area contributed by atoms with Crippen LogP contribution < -0.4 is 15.4 Å². The third kappa shape index (κ3) is 8.29. The van der Waals surface area contributed by atoms with Crippen molar-refractivity contribution in [3.63, 3.8) is 0 Å². The van der Waals surface area contributed by atoms with Crippen LogP contribution in [0.3, 0.4) is 0 Å². The zero-order chi connectivity index (χ0) is 28.5. The minimum absolute atomic E-state index is 0.0664. The summed E-state index contributed by atoms with van der Waals surface area (Å²) in [4.78, 5) is 29.1. The Balaban J connectivity index is 1.70. The van der Waals surface area contributed by atoms with Crippen LogP contribution in [-0.2, 0) is 18.3 Å². The molecule has 0 radical (unpaired) electrons. The number of amides is 2. The number of halogens is 1. The van der Waals surface area contributed by atoms with Gasteiger partial charge in [0.2, 0.25) is 5.91 Å². The van der Waals surface area contributed by atoms with Gasteiger partial charge < -0.3 is 30.2 Å². The number of rotatable bonds is 13. The van der Waals surface area contributed by atoms with Crippen LogP contribution in [0.5, 0.6) is 5.75 Å². The molecule has 0 saturated heterocycles. The van der Waals surface area contributed by atoms with Crippen LogP contribution >= 0.6 is 11.6 Å². The zero-order valence-corrected chi connectivity index (χ0v) is 23.5. The van der Waals surface area contributed by atoms with E-state index in [4.69, 9.17) is 16.3 Å². The molecule has 2 amide bonds. The Morgan fingerprint density at radius 3 is 2.46 bits per heavy atom. The van der Waals surface area contributed by atoms with Crippen molar-refractivity contribution in [2.24, 2.45) is 7.05 Å². The van der Waals surface area contributed by atoms with Crippen molar-refractivity contribution in [1.29, 1.82) is 0 Å². The van der Waals surface area contributed by atoms with Crippen LogP contribution in [-0.4, -0.2) is 56.9 Å². The maximum absolute atomic E-state index is 12.9. The number of aliphatic hydroxyl groups is 2. The maximum atomic E-state index is 12.9. The first kappa shape index (κ1) is 30.1. The molecule has 0 aliphatic rings. The van der Waals surface area contributed by atoms with Gasteiger partial charge in [-0.15, -0.1) is 0 Å². The molecule has 1 aromatic heterocycles. The van der Waals surface area contributed by atoms with Crippen LogP contribution in [0.25, 0.3) is 11.3 Å². The van der Waals surface area contributed by atoms with Gasteiger partial charge in [-0.05, 0) is 49.9 Å². The number of carbonyl (C=O) groups excluding carboxylic acids is 2. The van der Waals surface area contributed by atoms with E-state index in [2.05, 4.69) is 15.6 Å². The second-order valence-electron chi connectivity index (χ2n) is 9.59. The van der Waals surface area contributed by atoms with Crippen LogP contribution in [0.15, 0.2) is 48.7 Å². The number of aryl methyl sites for hydroxylation is 1. The lowest BCUT2D eigenvalue weighted by Crippen LogP contribution is -2.37. The summed E-state index contributed by atoms with van der Waals surface area (Å²) >= 11 is 6.29. The summed E-state index contributed by atoms with van der Waals surface area (Å²) in [5.41, 5.74) is 2.98. The number of hydrogen-bond acceptors (Lipinski definition) is 6. The molecule has 3 aromatic rings. The highest BCUT2D eigenvalue weighted by Gasteiger charge is 2.24. The average molecular weight is 557 g/mol. The molecule has 0 aliphatic heterocycles. The zero-order valence-electron chi connectivity index (χ0n) is 22.8. The Kier molecular flexibility index (Phi) is 10.9. The standard InChI is InChI=1S/C29H37ClN4O5/c1-5-14-39-26-11-10-22(16-24(26)30)29(38)32-23(12-13-35)15-20-6-8-21(9-7-20)25-17-34(4)28(33-25)27(18(2)36)31-19(3)37/h6-11,16-18,23,27,35-36H,5,12-15H2,1-4H3,(H,31,37)(H,32,38)/t18-,23+,27-/m0/s1. The van der Waals surface area contributed by atoms with E-state index in [0.717, 1.165) is 17.5 Å². The molecule has 210 valence electrons. The fourth-order valence-corrected chi connectivity index (χ4v) is 4.48. The summed E-state index contributed by atoms with van der Waals surface area (Å²) in [5, 5.41) is 25.8. The minimum Gasteiger partial charge on any atom is -0.492 e. The molecular formula is C29H37ClN4O5. The van der Waals surface area contributed by atoms with Crippen molar-refractivity contribution >= 4 is 23.4 Å². The van der Waals surface area contributed by atoms with E-state index in [-0.39, 0.29) is 24.5 Å². The highest BCUT2D eigenvalue weighted by atomic mass is 35.5. The first-order valence-corrected chi connectivity index (χ1v) is 13.4. The summed E-state index contributed by atoms with van der Waals surface area (Å²) < 4.78 is 7.37. The van der Waals surface area contributed by atoms with E-state index in [0.29, 0.717) is 47.3 Å². The monoisotopic (exact) mass is 556 g/mol. The van der Waals surface area contributed by atoms with Gasteiger partial charge in [0, 0.05) is 43.9 Å². The molecule has 4 N–H and O–H groups in total. The number of aliphatic hydroxyl groups excluding tert-OH is 2. The van der Waals surface area contributed by atoms with Crippen molar-refractivity contribution in [3.8, 4) is 17.0 Å².